The van der Waals surface area contributed by atoms with Crippen molar-refractivity contribution in [3.8, 4) is 11.5 Å². The van der Waals surface area contributed by atoms with Crippen LogP contribution in [0.4, 0.5) is 0 Å². The fraction of sp³-hybridized carbons (Fsp3) is 0.700. The highest BCUT2D eigenvalue weighted by atomic mass is 35.5. The molecule has 0 aliphatic heterocycles. The number of unbranched alkanes of at least 4 members (excludes halogenated alkanes) is 1. The van der Waals surface area contributed by atoms with E-state index < -0.39 is 0 Å². The molecule has 23 heavy (non-hydrogen) atoms. The molecule has 0 aromatic heterocycles. The van der Waals surface area contributed by atoms with Gasteiger partial charge in [-0.1, -0.05) is 53.9 Å². The molecule has 1 unspecified atom stereocenters. The summed E-state index contributed by atoms with van der Waals surface area (Å²) in [6.45, 7) is 11.4. The minimum atomic E-state index is 0.446. The maximum atomic E-state index is 6.08. The average Bonchev–Trinajstić information content (AvgIpc) is 2.62. The van der Waals surface area contributed by atoms with E-state index in [0.717, 1.165) is 36.5 Å². The number of hydrogen-bond acceptors (Lipinski definition) is 2. The minimum Gasteiger partial charge on any atom is -0.496 e. The average molecular weight is 343 g/mol. The van der Waals surface area contributed by atoms with E-state index in [2.05, 4.69) is 26.8 Å². The summed E-state index contributed by atoms with van der Waals surface area (Å²) in [5, 5.41) is 0. The number of methoxy groups -OCH3 is 1. The molecule has 1 rings (SSSR count). The zero-order valence-corrected chi connectivity index (χ0v) is 16.6. The van der Waals surface area contributed by atoms with Crippen LogP contribution >= 0.6 is 11.6 Å². The van der Waals surface area contributed by atoms with Gasteiger partial charge in [-0.15, -0.1) is 11.6 Å². The van der Waals surface area contributed by atoms with E-state index >= 15 is 0 Å². The summed E-state index contributed by atoms with van der Waals surface area (Å²) < 4.78 is 11.5. The second-order valence-corrected chi connectivity index (χ2v) is 5.75. The third-order valence-electron chi connectivity index (χ3n) is 4.01. The van der Waals surface area contributed by atoms with Crippen molar-refractivity contribution in [1.82, 2.24) is 0 Å². The smallest absolute Gasteiger partial charge is 0.124 e. The molecule has 134 valence electrons. The highest BCUT2D eigenvalue weighted by Gasteiger charge is 2.12. The zero-order chi connectivity index (χ0) is 17.7. The van der Waals surface area contributed by atoms with Crippen molar-refractivity contribution in [2.24, 2.45) is 5.92 Å². The number of alkyl halides is 1. The summed E-state index contributed by atoms with van der Waals surface area (Å²) in [5.74, 6) is 2.89. The van der Waals surface area contributed by atoms with Gasteiger partial charge in [-0.25, -0.2) is 0 Å². The lowest BCUT2D eigenvalue weighted by molar-refractivity contribution is 0.231. The Labute approximate surface area is 148 Å². The standard InChI is InChI=1S/C18H29ClO2.C2H6/c1-5-8-9-14(6-2)13-21-18-10-15(7-3)17(20-4)11-16(18)12-19;1-2/h10-11,14H,5-9,12-13H2,1-4H3;1-2H3. The number of ether oxygens (including phenoxy) is 2. The Morgan fingerprint density at radius 1 is 1.04 bits per heavy atom. The maximum absolute atomic E-state index is 6.08. The topological polar surface area (TPSA) is 18.5 Å². The van der Waals surface area contributed by atoms with Crippen LogP contribution < -0.4 is 9.47 Å². The summed E-state index contributed by atoms with van der Waals surface area (Å²) >= 11 is 6.05. The lowest BCUT2D eigenvalue weighted by atomic mass is 10.0. The molecule has 1 atom stereocenters. The number of halogens is 1. The Morgan fingerprint density at radius 2 is 1.70 bits per heavy atom. The summed E-state index contributed by atoms with van der Waals surface area (Å²) in [5.41, 5.74) is 2.18. The fourth-order valence-corrected chi connectivity index (χ4v) is 2.66. The van der Waals surface area contributed by atoms with Gasteiger partial charge in [-0.2, -0.15) is 0 Å². The summed E-state index contributed by atoms with van der Waals surface area (Å²) in [6, 6.07) is 4.09. The van der Waals surface area contributed by atoms with E-state index in [1.807, 2.05) is 19.9 Å². The number of rotatable bonds is 10. The molecule has 3 heteroatoms. The molecule has 0 amide bonds. The molecule has 2 nitrogen and oxygen atoms in total. The van der Waals surface area contributed by atoms with Gasteiger partial charge in [0.15, 0.2) is 0 Å². The molecule has 0 fully saturated rings. The molecule has 1 aromatic rings. The quantitative estimate of drug-likeness (QED) is 0.445. The van der Waals surface area contributed by atoms with E-state index in [1.165, 1.54) is 24.8 Å². The lowest BCUT2D eigenvalue weighted by Crippen LogP contribution is -2.12. The third-order valence-corrected chi connectivity index (χ3v) is 4.29. The SMILES string of the molecule is CC.CCCCC(CC)COc1cc(CC)c(OC)cc1CCl. The largest absolute Gasteiger partial charge is 0.496 e. The number of aryl methyl sites for hydroxylation is 1. The van der Waals surface area contributed by atoms with Crippen molar-refractivity contribution >= 4 is 11.6 Å². The maximum Gasteiger partial charge on any atom is 0.124 e. The predicted octanol–water partition coefficient (Wildman–Crippen LogP) is 6.62. The van der Waals surface area contributed by atoms with Gasteiger partial charge in [-0.3, -0.25) is 0 Å². The summed E-state index contributed by atoms with van der Waals surface area (Å²) in [7, 11) is 1.70. The van der Waals surface area contributed by atoms with Crippen molar-refractivity contribution in [1.29, 1.82) is 0 Å². The normalized spacial score (nSPS) is 11.4. The molecule has 0 aliphatic carbocycles. The monoisotopic (exact) mass is 342 g/mol. The molecule has 0 N–H and O–H groups in total. The molecule has 0 saturated carbocycles. The van der Waals surface area contributed by atoms with Crippen LogP contribution in [0.15, 0.2) is 12.1 Å². The summed E-state index contributed by atoms with van der Waals surface area (Å²) in [6.07, 6.45) is 5.83. The van der Waals surface area contributed by atoms with Crippen molar-refractivity contribution in [3.63, 3.8) is 0 Å². The van der Waals surface area contributed by atoms with Crippen molar-refractivity contribution < 1.29 is 9.47 Å². The second kappa shape index (κ2) is 13.5. The Kier molecular flexibility index (Phi) is 13.0. The van der Waals surface area contributed by atoms with Gasteiger partial charge in [0.25, 0.3) is 0 Å². The van der Waals surface area contributed by atoms with E-state index in [0.29, 0.717) is 11.8 Å². The van der Waals surface area contributed by atoms with Gasteiger partial charge in [0.2, 0.25) is 0 Å². The van der Waals surface area contributed by atoms with Gasteiger partial charge in [0.05, 0.1) is 19.6 Å². The fourth-order valence-electron chi connectivity index (χ4n) is 2.45. The van der Waals surface area contributed by atoms with Crippen molar-refractivity contribution in [3.05, 3.63) is 23.3 Å². The molecule has 0 heterocycles. The van der Waals surface area contributed by atoms with E-state index in [4.69, 9.17) is 21.1 Å². The van der Waals surface area contributed by atoms with Crippen LogP contribution in [-0.4, -0.2) is 13.7 Å². The van der Waals surface area contributed by atoms with E-state index in [1.54, 1.807) is 7.11 Å². The van der Waals surface area contributed by atoms with Crippen LogP contribution in [0.3, 0.4) is 0 Å². The molecule has 0 radical (unpaired) electrons. The molecule has 0 bridgehead atoms. The van der Waals surface area contributed by atoms with Crippen LogP contribution in [0.5, 0.6) is 11.5 Å². The second-order valence-electron chi connectivity index (χ2n) is 5.49. The zero-order valence-electron chi connectivity index (χ0n) is 15.9. The highest BCUT2D eigenvalue weighted by Crippen LogP contribution is 2.31. The van der Waals surface area contributed by atoms with Gasteiger partial charge < -0.3 is 9.47 Å². The first-order valence-electron chi connectivity index (χ1n) is 9.08. The van der Waals surface area contributed by atoms with Crippen molar-refractivity contribution in [2.75, 3.05) is 13.7 Å². The predicted molar refractivity (Wildman–Crippen MR) is 102 cm³/mol. The highest BCUT2D eigenvalue weighted by molar-refractivity contribution is 6.17. The van der Waals surface area contributed by atoms with Crippen LogP contribution in [0.2, 0.25) is 0 Å². The van der Waals surface area contributed by atoms with E-state index in [-0.39, 0.29) is 0 Å². The van der Waals surface area contributed by atoms with Crippen molar-refractivity contribution in [2.45, 2.75) is 72.6 Å². The Morgan fingerprint density at radius 3 is 2.17 bits per heavy atom. The number of hydrogen-bond donors (Lipinski definition) is 0. The van der Waals surface area contributed by atoms with Gasteiger partial charge in [0, 0.05) is 5.56 Å². The molecular weight excluding hydrogens is 308 g/mol. The molecule has 0 aliphatic rings. The van der Waals surface area contributed by atoms with Gasteiger partial charge in [0.1, 0.15) is 11.5 Å². The Hall–Kier alpha value is -0.890. The molecule has 0 spiro atoms. The Balaban J connectivity index is 0.00000232. The van der Waals surface area contributed by atoms with E-state index in [9.17, 15) is 0 Å². The van der Waals surface area contributed by atoms with Gasteiger partial charge >= 0.3 is 0 Å². The molecule has 0 saturated heterocycles. The van der Waals surface area contributed by atoms with Crippen LogP contribution in [0.25, 0.3) is 0 Å². The van der Waals surface area contributed by atoms with Crippen LogP contribution in [0.1, 0.15) is 71.4 Å². The first-order valence-corrected chi connectivity index (χ1v) is 9.61. The van der Waals surface area contributed by atoms with Crippen LogP contribution in [-0.2, 0) is 12.3 Å². The van der Waals surface area contributed by atoms with Crippen LogP contribution in [0, 0.1) is 5.92 Å². The molecular formula is C20H35ClO2. The lowest BCUT2D eigenvalue weighted by Gasteiger charge is -2.19. The third kappa shape index (κ3) is 7.48. The Bertz CT molecular complexity index is 418. The first-order chi connectivity index (χ1) is 11.2. The summed E-state index contributed by atoms with van der Waals surface area (Å²) in [4.78, 5) is 0. The number of benzene rings is 1. The molecule has 1 aromatic carbocycles. The first kappa shape index (κ1) is 22.1. The van der Waals surface area contributed by atoms with Gasteiger partial charge in [-0.05, 0) is 36.5 Å². The minimum absolute atomic E-state index is 0.446.